The highest BCUT2D eigenvalue weighted by molar-refractivity contribution is 7.94. The number of ether oxygens (including phenoxy) is 2. The van der Waals surface area contributed by atoms with Gasteiger partial charge in [-0.05, 0) is 54.6 Å². The molecule has 0 aliphatic rings. The third-order valence-electron chi connectivity index (χ3n) is 3.11. The zero-order chi connectivity index (χ0) is 20.1. The van der Waals surface area contributed by atoms with Crippen molar-refractivity contribution in [1.29, 1.82) is 0 Å². The van der Waals surface area contributed by atoms with Crippen LogP contribution in [-0.4, -0.2) is 37.7 Å². The maximum absolute atomic E-state index is 12.1. The summed E-state index contributed by atoms with van der Waals surface area (Å²) < 4.78 is 69.6. The van der Waals surface area contributed by atoms with Gasteiger partial charge in [0.2, 0.25) is 0 Å². The number of aliphatic hydroxyl groups is 2. The summed E-state index contributed by atoms with van der Waals surface area (Å²) in [5.74, 6) is 0.0945. The van der Waals surface area contributed by atoms with Gasteiger partial charge in [-0.25, -0.2) is 8.42 Å². The average Bonchev–Trinajstić information content (AvgIpc) is 2.60. The fourth-order valence-corrected chi connectivity index (χ4v) is 2.94. The molecule has 146 valence electrons. The van der Waals surface area contributed by atoms with Gasteiger partial charge >= 0.3 is 6.36 Å². The van der Waals surface area contributed by atoms with Gasteiger partial charge in [0, 0.05) is 5.41 Å². The Balaban J connectivity index is 2.06. The molecule has 0 aliphatic heterocycles. The lowest BCUT2D eigenvalue weighted by molar-refractivity contribution is -0.274. The number of hydrogen-bond donors (Lipinski definition) is 2. The minimum absolute atomic E-state index is 0.0647. The Kier molecular flexibility index (Phi) is 6.47. The third-order valence-corrected chi connectivity index (χ3v) is 4.56. The molecule has 0 fully saturated rings. The van der Waals surface area contributed by atoms with Crippen molar-refractivity contribution in [2.24, 2.45) is 0 Å². The summed E-state index contributed by atoms with van der Waals surface area (Å²) in [6, 6.07) is 9.96. The van der Waals surface area contributed by atoms with Crippen molar-refractivity contribution < 1.29 is 41.3 Å². The molecule has 6 nitrogen and oxygen atoms in total. The van der Waals surface area contributed by atoms with Gasteiger partial charge in [-0.3, -0.25) is 0 Å². The van der Waals surface area contributed by atoms with E-state index in [0.29, 0.717) is 0 Å². The van der Waals surface area contributed by atoms with Gasteiger partial charge in [0.15, 0.2) is 9.84 Å². The highest BCUT2D eigenvalue weighted by atomic mass is 32.2. The van der Waals surface area contributed by atoms with E-state index in [0.717, 1.165) is 23.6 Å². The van der Waals surface area contributed by atoms with Crippen molar-refractivity contribution >= 4 is 9.84 Å². The van der Waals surface area contributed by atoms with E-state index in [2.05, 4.69) is 4.74 Å². The van der Waals surface area contributed by atoms with Crippen molar-refractivity contribution in [2.45, 2.75) is 17.4 Å². The molecule has 0 aliphatic carbocycles. The van der Waals surface area contributed by atoms with Gasteiger partial charge < -0.3 is 19.7 Å². The van der Waals surface area contributed by atoms with Gasteiger partial charge in [-0.2, -0.15) is 0 Å². The molecule has 0 heterocycles. The van der Waals surface area contributed by atoms with Crippen LogP contribution in [0.5, 0.6) is 17.2 Å². The summed E-state index contributed by atoms with van der Waals surface area (Å²) in [6.45, 7) is -0.606. The summed E-state index contributed by atoms with van der Waals surface area (Å²) in [7, 11) is -3.81. The number of alkyl halides is 3. The highest BCUT2D eigenvalue weighted by Gasteiger charge is 2.30. The first-order valence-corrected chi connectivity index (χ1v) is 8.99. The monoisotopic (exact) mass is 404 g/mol. The lowest BCUT2D eigenvalue weighted by atomic mass is 10.3. The molecule has 10 heteroatoms. The fourth-order valence-electron chi connectivity index (χ4n) is 1.88. The first-order valence-electron chi connectivity index (χ1n) is 7.45. The minimum atomic E-state index is -4.79. The molecule has 0 unspecified atom stereocenters. The molecule has 0 spiro atoms. The number of benzene rings is 2. The predicted octanol–water partition coefficient (Wildman–Crippen LogP) is 3.02. The molecule has 0 saturated carbocycles. The first-order chi connectivity index (χ1) is 12.6. The lowest BCUT2D eigenvalue weighted by Gasteiger charge is -2.10. The summed E-state index contributed by atoms with van der Waals surface area (Å²) >= 11 is 0. The van der Waals surface area contributed by atoms with Crippen LogP contribution in [0.1, 0.15) is 0 Å². The zero-order valence-corrected chi connectivity index (χ0v) is 14.4. The Hall–Kier alpha value is -2.56. The quantitative estimate of drug-likeness (QED) is 0.737. The van der Waals surface area contributed by atoms with Crippen LogP contribution in [0.3, 0.4) is 0 Å². The highest BCUT2D eigenvalue weighted by Crippen LogP contribution is 2.28. The van der Waals surface area contributed by atoms with Crippen molar-refractivity contribution in [3.63, 3.8) is 0 Å². The number of aliphatic hydroxyl groups excluding tert-OH is 2. The van der Waals surface area contributed by atoms with Crippen LogP contribution in [0.15, 0.2) is 64.9 Å². The normalized spacial score (nSPS) is 13.5. The molecule has 2 aromatic carbocycles. The van der Waals surface area contributed by atoms with E-state index < -0.39 is 34.7 Å². The average molecular weight is 404 g/mol. The molecule has 0 saturated heterocycles. The number of rotatable bonds is 7. The maximum Gasteiger partial charge on any atom is 0.573 e. The van der Waals surface area contributed by atoms with Crippen LogP contribution in [0.4, 0.5) is 13.2 Å². The largest absolute Gasteiger partial charge is 0.573 e. The standard InChI is InChI=1S/C17H15F3O6S/c18-17(19,20)26-15-3-1-13(2-4-15)25-14-5-7-16(8-6-14)27(23,24)10-9-12(22)11-21/h1-10,12,21-22H,11H2/b10-9+/t12-/m1/s1. The number of halogens is 3. The van der Waals surface area contributed by atoms with Crippen LogP contribution in [0, 0.1) is 0 Å². The van der Waals surface area contributed by atoms with Crippen LogP contribution in [-0.2, 0) is 9.84 Å². The predicted molar refractivity (Wildman–Crippen MR) is 89.1 cm³/mol. The van der Waals surface area contributed by atoms with Gasteiger partial charge in [0.1, 0.15) is 17.2 Å². The van der Waals surface area contributed by atoms with E-state index >= 15 is 0 Å². The van der Waals surface area contributed by atoms with E-state index in [1.807, 2.05) is 0 Å². The van der Waals surface area contributed by atoms with E-state index in [1.54, 1.807) is 0 Å². The van der Waals surface area contributed by atoms with Crippen LogP contribution in [0.25, 0.3) is 0 Å². The lowest BCUT2D eigenvalue weighted by Crippen LogP contribution is -2.16. The second kappa shape index (κ2) is 8.42. The number of sulfone groups is 1. The van der Waals surface area contributed by atoms with Gasteiger partial charge in [0.05, 0.1) is 17.6 Å². The minimum Gasteiger partial charge on any atom is -0.457 e. The van der Waals surface area contributed by atoms with Gasteiger partial charge in [-0.15, -0.1) is 13.2 Å². The molecule has 0 aromatic heterocycles. The van der Waals surface area contributed by atoms with Crippen LogP contribution >= 0.6 is 0 Å². The van der Waals surface area contributed by atoms with Gasteiger partial charge in [0.25, 0.3) is 0 Å². The van der Waals surface area contributed by atoms with E-state index in [1.165, 1.54) is 36.4 Å². The zero-order valence-electron chi connectivity index (χ0n) is 13.6. The Bertz CT molecular complexity index is 874. The fraction of sp³-hybridized carbons (Fsp3) is 0.176. The summed E-state index contributed by atoms with van der Waals surface area (Å²) in [5, 5.41) is 18.6. The molecule has 0 radical (unpaired) electrons. The smallest absolute Gasteiger partial charge is 0.457 e. The molecule has 0 amide bonds. The maximum atomic E-state index is 12.1. The Morgan fingerprint density at radius 2 is 1.44 bits per heavy atom. The van der Waals surface area contributed by atoms with Crippen LogP contribution < -0.4 is 9.47 Å². The molecule has 27 heavy (non-hydrogen) atoms. The van der Waals surface area contributed by atoms with Crippen molar-refractivity contribution in [1.82, 2.24) is 0 Å². The molecule has 2 aromatic rings. The van der Waals surface area contributed by atoms with Crippen LogP contribution in [0.2, 0.25) is 0 Å². The summed E-state index contributed by atoms with van der Waals surface area (Å²) in [6.07, 6.45) is -5.12. The SMILES string of the molecule is O=S(=O)(/C=C/[C@@H](O)CO)c1ccc(Oc2ccc(OC(F)(F)F)cc2)cc1. The van der Waals surface area contributed by atoms with Crippen molar-refractivity contribution in [3.05, 3.63) is 60.0 Å². The third kappa shape index (κ3) is 6.59. The van der Waals surface area contributed by atoms with Crippen molar-refractivity contribution in [2.75, 3.05) is 6.61 Å². The second-order valence-corrected chi connectivity index (χ2v) is 7.05. The van der Waals surface area contributed by atoms with Gasteiger partial charge in [-0.1, -0.05) is 0 Å². The molecule has 2 rings (SSSR count). The topological polar surface area (TPSA) is 93.1 Å². The molecule has 2 N–H and O–H groups in total. The molecular formula is C17H15F3O6S. The summed E-state index contributed by atoms with van der Waals surface area (Å²) in [5.41, 5.74) is 0. The molecule has 1 atom stereocenters. The second-order valence-electron chi connectivity index (χ2n) is 5.22. The molecular weight excluding hydrogens is 389 g/mol. The number of hydrogen-bond acceptors (Lipinski definition) is 6. The first kappa shape index (κ1) is 20.7. The Labute approximate surface area is 153 Å². The Morgan fingerprint density at radius 3 is 1.93 bits per heavy atom. The summed E-state index contributed by atoms with van der Waals surface area (Å²) in [4.78, 5) is -0.0647. The van der Waals surface area contributed by atoms with E-state index in [4.69, 9.17) is 14.9 Å². The van der Waals surface area contributed by atoms with E-state index in [9.17, 15) is 21.6 Å². The molecule has 0 bridgehead atoms. The van der Waals surface area contributed by atoms with E-state index in [-0.39, 0.29) is 16.4 Å². The van der Waals surface area contributed by atoms with Crippen molar-refractivity contribution in [3.8, 4) is 17.2 Å². The Morgan fingerprint density at radius 1 is 0.963 bits per heavy atom.